The van der Waals surface area contributed by atoms with Crippen molar-refractivity contribution in [3.05, 3.63) is 51.2 Å². The fourth-order valence-electron chi connectivity index (χ4n) is 2.84. The lowest BCUT2D eigenvalue weighted by Gasteiger charge is -2.34. The molecule has 0 spiro atoms. The Labute approximate surface area is 145 Å². The minimum Gasteiger partial charge on any atom is -0.459 e. The molecule has 134 valence electrons. The maximum absolute atomic E-state index is 12.6. The normalized spacial score (nSPS) is 17.6. The summed E-state index contributed by atoms with van der Waals surface area (Å²) < 4.78 is 5.30. The van der Waals surface area contributed by atoms with Crippen LogP contribution in [0.4, 0.5) is 10.5 Å². The minimum atomic E-state index is -0.942. The molecule has 1 aliphatic rings. The van der Waals surface area contributed by atoms with Gasteiger partial charge in [-0.15, -0.1) is 0 Å². The number of carbonyl (C=O) groups excluding carboxylic acids is 2. The van der Waals surface area contributed by atoms with E-state index in [2.05, 4.69) is 5.32 Å². The molecule has 1 aromatic rings. The van der Waals surface area contributed by atoms with E-state index in [1.807, 2.05) is 0 Å². The van der Waals surface area contributed by atoms with E-state index in [1.54, 1.807) is 33.8 Å². The number of para-hydroxylation sites is 1. The molecule has 0 saturated carbocycles. The number of carbonyl (C=O) groups is 2. The van der Waals surface area contributed by atoms with Crippen molar-refractivity contribution < 1.29 is 19.2 Å². The van der Waals surface area contributed by atoms with Crippen LogP contribution < -0.4 is 5.32 Å². The number of amides is 2. The molecule has 1 atom stereocenters. The van der Waals surface area contributed by atoms with Gasteiger partial charge in [0.1, 0.15) is 0 Å². The molecule has 2 rings (SSSR count). The maximum Gasteiger partial charge on any atom is 0.338 e. The van der Waals surface area contributed by atoms with Gasteiger partial charge in [0.15, 0.2) is 0 Å². The van der Waals surface area contributed by atoms with Crippen LogP contribution in [0.25, 0.3) is 0 Å². The van der Waals surface area contributed by atoms with Crippen molar-refractivity contribution in [2.75, 3.05) is 6.54 Å². The number of nitrogens with one attached hydrogen (secondary N) is 1. The maximum atomic E-state index is 12.6. The number of allylic oxidation sites excluding steroid dienone is 1. The monoisotopic (exact) mass is 347 g/mol. The topological polar surface area (TPSA) is 102 Å². The smallest absolute Gasteiger partial charge is 0.338 e. The Morgan fingerprint density at radius 1 is 1.40 bits per heavy atom. The summed E-state index contributed by atoms with van der Waals surface area (Å²) in [5.74, 6) is -0.603. The molecule has 8 heteroatoms. The SMILES string of the molecule is CCN1C(=O)NC(c2ccccc2[N+](=O)[O-])C(C(=O)OC(C)C)=C1C. The number of nitrogens with zero attached hydrogens (tertiary/aromatic N) is 2. The summed E-state index contributed by atoms with van der Waals surface area (Å²) >= 11 is 0. The van der Waals surface area contributed by atoms with Crippen LogP contribution in [0, 0.1) is 10.1 Å². The van der Waals surface area contributed by atoms with E-state index in [4.69, 9.17) is 4.74 Å². The fourth-order valence-corrected chi connectivity index (χ4v) is 2.84. The summed E-state index contributed by atoms with van der Waals surface area (Å²) in [6.45, 7) is 7.21. The molecular weight excluding hydrogens is 326 g/mol. The molecule has 1 N–H and O–H groups in total. The van der Waals surface area contributed by atoms with Gasteiger partial charge in [-0.25, -0.2) is 9.59 Å². The van der Waals surface area contributed by atoms with Crippen molar-refractivity contribution in [1.82, 2.24) is 10.2 Å². The van der Waals surface area contributed by atoms with Gasteiger partial charge in [-0.2, -0.15) is 0 Å². The zero-order chi connectivity index (χ0) is 18.7. The molecule has 0 fully saturated rings. The third kappa shape index (κ3) is 3.62. The summed E-state index contributed by atoms with van der Waals surface area (Å²) in [6.07, 6.45) is -0.355. The van der Waals surface area contributed by atoms with Gasteiger partial charge in [0, 0.05) is 18.3 Å². The summed E-state index contributed by atoms with van der Waals surface area (Å²) in [5, 5.41) is 14.0. The second-order valence-electron chi connectivity index (χ2n) is 5.90. The van der Waals surface area contributed by atoms with Crippen LogP contribution in [0.3, 0.4) is 0 Å². The highest BCUT2D eigenvalue weighted by Gasteiger charge is 2.38. The quantitative estimate of drug-likeness (QED) is 0.501. The lowest BCUT2D eigenvalue weighted by Crippen LogP contribution is -2.48. The average molecular weight is 347 g/mol. The van der Waals surface area contributed by atoms with Crippen molar-refractivity contribution in [3.63, 3.8) is 0 Å². The first-order chi connectivity index (χ1) is 11.8. The minimum absolute atomic E-state index is 0.166. The highest BCUT2D eigenvalue weighted by atomic mass is 16.6. The van der Waals surface area contributed by atoms with E-state index in [0.29, 0.717) is 12.2 Å². The van der Waals surface area contributed by atoms with E-state index in [9.17, 15) is 19.7 Å². The number of hydrogen-bond donors (Lipinski definition) is 1. The predicted octanol–water partition coefficient (Wildman–Crippen LogP) is 2.91. The van der Waals surface area contributed by atoms with Crippen LogP contribution in [-0.4, -0.2) is 34.5 Å². The van der Waals surface area contributed by atoms with E-state index in [0.717, 1.165) is 0 Å². The van der Waals surface area contributed by atoms with Crippen LogP contribution in [0.5, 0.6) is 0 Å². The standard InChI is InChI=1S/C17H21N3O5/c1-5-19-11(4)14(16(21)25-10(2)3)15(18-17(19)22)12-8-6-7-9-13(12)20(23)24/h6-10,15H,5H2,1-4H3,(H,18,22). The van der Waals surface area contributed by atoms with Crippen molar-refractivity contribution in [3.8, 4) is 0 Å². The summed E-state index contributed by atoms with van der Waals surface area (Å²) in [6, 6.07) is 4.68. The van der Waals surface area contributed by atoms with Gasteiger partial charge in [-0.1, -0.05) is 12.1 Å². The average Bonchev–Trinajstić information content (AvgIpc) is 2.53. The van der Waals surface area contributed by atoms with Gasteiger partial charge in [0.05, 0.1) is 28.2 Å². The molecule has 25 heavy (non-hydrogen) atoms. The second-order valence-corrected chi connectivity index (χ2v) is 5.90. The Bertz CT molecular complexity index is 742. The molecule has 0 bridgehead atoms. The molecule has 2 amide bonds. The Morgan fingerprint density at radius 2 is 2.04 bits per heavy atom. The molecule has 1 aliphatic heterocycles. The molecule has 1 aromatic carbocycles. The molecule has 0 aromatic heterocycles. The second kappa shape index (κ2) is 7.33. The number of nitro groups is 1. The first-order valence-corrected chi connectivity index (χ1v) is 8.01. The number of benzene rings is 1. The molecule has 1 unspecified atom stereocenters. The number of ether oxygens (including phenoxy) is 1. The van der Waals surface area contributed by atoms with Gasteiger partial charge in [0.2, 0.25) is 0 Å². The summed E-state index contributed by atoms with van der Waals surface area (Å²) in [4.78, 5) is 37.2. The van der Waals surface area contributed by atoms with Crippen LogP contribution in [0.1, 0.15) is 39.3 Å². The Hall–Kier alpha value is -2.90. The largest absolute Gasteiger partial charge is 0.459 e. The molecule has 0 saturated heterocycles. The van der Waals surface area contributed by atoms with Gasteiger partial charge in [0.25, 0.3) is 5.69 Å². The molecule has 0 radical (unpaired) electrons. The highest BCUT2D eigenvalue weighted by Crippen LogP contribution is 2.35. The van der Waals surface area contributed by atoms with E-state index in [1.165, 1.54) is 23.1 Å². The molecule has 1 heterocycles. The van der Waals surface area contributed by atoms with Crippen LogP contribution in [0.15, 0.2) is 35.5 Å². The molecule has 0 aliphatic carbocycles. The lowest BCUT2D eigenvalue weighted by molar-refractivity contribution is -0.385. The van der Waals surface area contributed by atoms with E-state index >= 15 is 0 Å². The number of nitro benzene ring substituents is 1. The summed E-state index contributed by atoms with van der Waals surface area (Å²) in [7, 11) is 0. The van der Waals surface area contributed by atoms with Crippen molar-refractivity contribution in [1.29, 1.82) is 0 Å². The van der Waals surface area contributed by atoms with Crippen molar-refractivity contribution in [2.45, 2.75) is 39.8 Å². The Kier molecular flexibility index (Phi) is 5.41. The van der Waals surface area contributed by atoms with Gasteiger partial charge in [-0.3, -0.25) is 15.0 Å². The van der Waals surface area contributed by atoms with Gasteiger partial charge < -0.3 is 10.1 Å². The first-order valence-electron chi connectivity index (χ1n) is 8.01. The van der Waals surface area contributed by atoms with Crippen molar-refractivity contribution in [2.24, 2.45) is 0 Å². The lowest BCUT2D eigenvalue weighted by atomic mass is 9.93. The van der Waals surface area contributed by atoms with Crippen molar-refractivity contribution >= 4 is 17.7 Å². The van der Waals surface area contributed by atoms with Gasteiger partial charge >= 0.3 is 12.0 Å². The Morgan fingerprint density at radius 3 is 2.60 bits per heavy atom. The number of esters is 1. The van der Waals surface area contributed by atoms with Crippen LogP contribution in [-0.2, 0) is 9.53 Å². The zero-order valence-electron chi connectivity index (χ0n) is 14.6. The molecule has 8 nitrogen and oxygen atoms in total. The third-order valence-corrected chi connectivity index (χ3v) is 3.92. The first kappa shape index (κ1) is 18.4. The fraction of sp³-hybridized carbons (Fsp3) is 0.412. The number of urea groups is 1. The van der Waals surface area contributed by atoms with E-state index in [-0.39, 0.29) is 22.9 Å². The van der Waals surface area contributed by atoms with E-state index < -0.39 is 23.0 Å². The highest BCUT2D eigenvalue weighted by molar-refractivity contribution is 5.95. The third-order valence-electron chi connectivity index (χ3n) is 3.92. The zero-order valence-corrected chi connectivity index (χ0v) is 14.6. The van der Waals surface area contributed by atoms with Gasteiger partial charge in [-0.05, 0) is 33.8 Å². The predicted molar refractivity (Wildman–Crippen MR) is 90.7 cm³/mol. The number of hydrogen-bond acceptors (Lipinski definition) is 5. The van der Waals surface area contributed by atoms with Crippen LogP contribution >= 0.6 is 0 Å². The summed E-state index contributed by atoms with van der Waals surface area (Å²) in [5.41, 5.74) is 0.705. The molecular formula is C17H21N3O5. The Balaban J connectivity index is 2.62. The number of rotatable bonds is 5. The van der Waals surface area contributed by atoms with Crippen LogP contribution in [0.2, 0.25) is 0 Å².